The summed E-state index contributed by atoms with van der Waals surface area (Å²) >= 11 is 0. The summed E-state index contributed by atoms with van der Waals surface area (Å²) in [5.41, 5.74) is 7.31. The molecule has 1 fully saturated rings. The average molecular weight is 508 g/mol. The van der Waals surface area contributed by atoms with E-state index in [4.69, 9.17) is 9.26 Å². The second kappa shape index (κ2) is 9.76. The largest absolute Gasteiger partial charge is 0.372 e. The standard InChI is InChI=1S/C32H33N3O3/c1-20-18-34(19-21(2)37-20)32(36)26-11-13-29-28(16-26)27-12-10-25(31-22(3)33-38-23(31)4)17-30(27)35(29)15-14-24-8-6-5-7-9-24/h5-13,16-17,20-21H,14-15,18-19H2,1-4H3/t20-,21+. The second-order valence-electron chi connectivity index (χ2n) is 10.5. The number of benzene rings is 3. The number of aromatic nitrogens is 2. The van der Waals surface area contributed by atoms with Crippen molar-refractivity contribution in [3.8, 4) is 11.1 Å². The number of carbonyl (C=O) groups excluding carboxylic acids is 1. The highest BCUT2D eigenvalue weighted by Crippen LogP contribution is 2.35. The lowest BCUT2D eigenvalue weighted by molar-refractivity contribution is -0.0586. The summed E-state index contributed by atoms with van der Waals surface area (Å²) in [7, 11) is 0. The summed E-state index contributed by atoms with van der Waals surface area (Å²) in [5, 5.41) is 6.40. The summed E-state index contributed by atoms with van der Waals surface area (Å²) in [4.78, 5) is 15.4. The van der Waals surface area contributed by atoms with Crippen LogP contribution < -0.4 is 0 Å². The van der Waals surface area contributed by atoms with Crippen LogP contribution in [-0.4, -0.2) is 45.8 Å². The summed E-state index contributed by atoms with van der Waals surface area (Å²) in [6, 6.07) is 23.3. The van der Waals surface area contributed by atoms with Crippen molar-refractivity contribution in [3.05, 3.63) is 89.3 Å². The van der Waals surface area contributed by atoms with Gasteiger partial charge in [0.25, 0.3) is 5.91 Å². The first-order valence-electron chi connectivity index (χ1n) is 13.4. The van der Waals surface area contributed by atoms with Crippen LogP contribution in [-0.2, 0) is 17.7 Å². The highest BCUT2D eigenvalue weighted by molar-refractivity contribution is 6.11. The van der Waals surface area contributed by atoms with E-state index in [1.54, 1.807) is 0 Å². The van der Waals surface area contributed by atoms with Gasteiger partial charge in [0, 0.05) is 52.6 Å². The number of ether oxygens (including phenoxy) is 1. The van der Waals surface area contributed by atoms with E-state index in [0.717, 1.165) is 62.9 Å². The molecular formula is C32H33N3O3. The van der Waals surface area contributed by atoms with Gasteiger partial charge in [0.05, 0.1) is 17.9 Å². The lowest BCUT2D eigenvalue weighted by Gasteiger charge is -2.35. The third-order valence-electron chi connectivity index (χ3n) is 7.61. The Bertz CT molecular complexity index is 1600. The van der Waals surface area contributed by atoms with Crippen molar-refractivity contribution in [2.24, 2.45) is 0 Å². The van der Waals surface area contributed by atoms with Crippen molar-refractivity contribution < 1.29 is 14.1 Å². The smallest absolute Gasteiger partial charge is 0.254 e. The molecule has 0 unspecified atom stereocenters. The number of hydrogen-bond donors (Lipinski definition) is 0. The van der Waals surface area contributed by atoms with E-state index < -0.39 is 0 Å². The number of fused-ring (bicyclic) bond motifs is 3. The first kappa shape index (κ1) is 24.4. The van der Waals surface area contributed by atoms with E-state index in [1.165, 1.54) is 5.56 Å². The van der Waals surface area contributed by atoms with Crippen LogP contribution in [0.4, 0.5) is 0 Å². The van der Waals surface area contributed by atoms with Gasteiger partial charge in [0.15, 0.2) is 0 Å². The molecule has 194 valence electrons. The topological polar surface area (TPSA) is 60.5 Å². The molecule has 2 aromatic heterocycles. The van der Waals surface area contributed by atoms with Gasteiger partial charge >= 0.3 is 0 Å². The zero-order valence-corrected chi connectivity index (χ0v) is 22.4. The van der Waals surface area contributed by atoms with Gasteiger partial charge in [-0.3, -0.25) is 4.79 Å². The lowest BCUT2D eigenvalue weighted by Crippen LogP contribution is -2.48. The summed E-state index contributed by atoms with van der Waals surface area (Å²) < 4.78 is 13.7. The number of morpholine rings is 1. The predicted molar refractivity (Wildman–Crippen MR) is 150 cm³/mol. The molecule has 1 saturated heterocycles. The molecule has 3 aromatic carbocycles. The molecule has 6 rings (SSSR count). The van der Waals surface area contributed by atoms with Crippen LogP contribution in [0.5, 0.6) is 0 Å². The molecule has 0 bridgehead atoms. The maximum atomic E-state index is 13.5. The normalized spacial score (nSPS) is 17.9. The van der Waals surface area contributed by atoms with Gasteiger partial charge in [-0.15, -0.1) is 0 Å². The van der Waals surface area contributed by atoms with Crippen molar-refractivity contribution in [1.82, 2.24) is 14.6 Å². The molecule has 1 aliphatic rings. The van der Waals surface area contributed by atoms with E-state index in [2.05, 4.69) is 64.3 Å². The minimum Gasteiger partial charge on any atom is -0.372 e. The Morgan fingerprint density at radius 1 is 0.921 bits per heavy atom. The third-order valence-corrected chi connectivity index (χ3v) is 7.61. The van der Waals surface area contributed by atoms with E-state index in [1.807, 2.05) is 44.7 Å². The van der Waals surface area contributed by atoms with E-state index in [-0.39, 0.29) is 18.1 Å². The van der Waals surface area contributed by atoms with Crippen molar-refractivity contribution in [2.75, 3.05) is 13.1 Å². The van der Waals surface area contributed by atoms with Crippen molar-refractivity contribution in [2.45, 2.75) is 52.9 Å². The Balaban J connectivity index is 1.46. The van der Waals surface area contributed by atoms with E-state index >= 15 is 0 Å². The number of hydrogen-bond acceptors (Lipinski definition) is 4. The fraction of sp³-hybridized carbons (Fsp3) is 0.312. The van der Waals surface area contributed by atoms with Crippen LogP contribution in [0.2, 0.25) is 0 Å². The Morgan fingerprint density at radius 3 is 2.39 bits per heavy atom. The van der Waals surface area contributed by atoms with Crippen molar-refractivity contribution >= 4 is 27.7 Å². The van der Waals surface area contributed by atoms with Crippen LogP contribution in [0.25, 0.3) is 32.9 Å². The van der Waals surface area contributed by atoms with Crippen LogP contribution in [0, 0.1) is 13.8 Å². The molecule has 2 atom stereocenters. The van der Waals surface area contributed by atoms with Crippen LogP contribution in [0.3, 0.4) is 0 Å². The SMILES string of the molecule is Cc1noc(C)c1-c1ccc2c3cc(C(=O)N4C[C@@H](C)O[C@@H](C)C4)ccc3n(CCc3ccccc3)c2c1. The summed E-state index contributed by atoms with van der Waals surface area (Å²) in [6.07, 6.45) is 0.989. The van der Waals surface area contributed by atoms with Crippen LogP contribution >= 0.6 is 0 Å². The molecule has 0 N–H and O–H groups in total. The molecule has 0 saturated carbocycles. The van der Waals surface area contributed by atoms with Crippen LogP contribution in [0.1, 0.15) is 41.2 Å². The van der Waals surface area contributed by atoms with Gasteiger partial charge in [-0.2, -0.15) is 0 Å². The maximum absolute atomic E-state index is 13.5. The zero-order valence-electron chi connectivity index (χ0n) is 22.4. The molecule has 6 heteroatoms. The second-order valence-corrected chi connectivity index (χ2v) is 10.5. The number of rotatable bonds is 5. The van der Waals surface area contributed by atoms with Gasteiger partial charge in [-0.05, 0) is 69.5 Å². The predicted octanol–water partition coefficient (Wildman–Crippen LogP) is 6.56. The van der Waals surface area contributed by atoms with E-state index in [9.17, 15) is 4.79 Å². The number of aryl methyl sites for hydroxylation is 4. The monoisotopic (exact) mass is 507 g/mol. The molecule has 1 amide bonds. The summed E-state index contributed by atoms with van der Waals surface area (Å²) in [5.74, 6) is 0.877. The zero-order chi connectivity index (χ0) is 26.4. The highest BCUT2D eigenvalue weighted by Gasteiger charge is 2.27. The van der Waals surface area contributed by atoms with Gasteiger partial charge in [-0.25, -0.2) is 0 Å². The molecule has 38 heavy (non-hydrogen) atoms. The Morgan fingerprint density at radius 2 is 1.68 bits per heavy atom. The maximum Gasteiger partial charge on any atom is 0.254 e. The van der Waals surface area contributed by atoms with Crippen molar-refractivity contribution in [1.29, 1.82) is 0 Å². The third kappa shape index (κ3) is 4.39. The first-order chi connectivity index (χ1) is 18.4. The molecule has 0 radical (unpaired) electrons. The van der Waals surface area contributed by atoms with Crippen molar-refractivity contribution in [3.63, 3.8) is 0 Å². The minimum absolute atomic E-state index is 0.0362. The fourth-order valence-corrected chi connectivity index (χ4v) is 5.94. The minimum atomic E-state index is 0.0362. The molecule has 1 aliphatic heterocycles. The molecule has 0 spiro atoms. The Hall–Kier alpha value is -3.90. The Labute approximate surface area is 222 Å². The van der Waals surface area contributed by atoms with Gasteiger partial charge in [0.1, 0.15) is 5.76 Å². The quantitative estimate of drug-likeness (QED) is 0.270. The molecular weight excluding hydrogens is 474 g/mol. The Kier molecular flexibility index (Phi) is 6.28. The highest BCUT2D eigenvalue weighted by atomic mass is 16.5. The molecule has 5 aromatic rings. The van der Waals surface area contributed by atoms with Gasteiger partial charge in [-0.1, -0.05) is 47.6 Å². The van der Waals surface area contributed by atoms with E-state index in [0.29, 0.717) is 13.1 Å². The molecule has 6 nitrogen and oxygen atoms in total. The number of amides is 1. The van der Waals surface area contributed by atoms with Gasteiger partial charge in [0.2, 0.25) is 0 Å². The fourth-order valence-electron chi connectivity index (χ4n) is 5.94. The van der Waals surface area contributed by atoms with Crippen LogP contribution in [0.15, 0.2) is 71.3 Å². The number of carbonyl (C=O) groups is 1. The molecule has 3 heterocycles. The number of nitrogens with zero attached hydrogens (tertiary/aromatic N) is 3. The average Bonchev–Trinajstić information content (AvgIpc) is 3.41. The lowest BCUT2D eigenvalue weighted by atomic mass is 10.0. The van der Waals surface area contributed by atoms with Gasteiger partial charge < -0.3 is 18.7 Å². The molecule has 0 aliphatic carbocycles. The summed E-state index contributed by atoms with van der Waals surface area (Å²) in [6.45, 7) is 10.0. The first-order valence-corrected chi connectivity index (χ1v) is 13.4.